The Hall–Kier alpha value is -3.74. The van der Waals surface area contributed by atoms with Crippen molar-refractivity contribution in [2.75, 3.05) is 5.32 Å². The molecule has 0 aliphatic rings. The van der Waals surface area contributed by atoms with E-state index in [4.69, 9.17) is 4.42 Å². The van der Waals surface area contributed by atoms with Crippen LogP contribution in [0.2, 0.25) is 0 Å². The van der Waals surface area contributed by atoms with Gasteiger partial charge in [-0.1, -0.05) is 18.2 Å². The van der Waals surface area contributed by atoms with Gasteiger partial charge in [0.1, 0.15) is 23.1 Å². The highest BCUT2D eigenvalue weighted by Crippen LogP contribution is 2.27. The van der Waals surface area contributed by atoms with Crippen LogP contribution in [0.5, 0.6) is 0 Å². The van der Waals surface area contributed by atoms with Crippen molar-refractivity contribution in [1.29, 1.82) is 0 Å². The number of anilines is 1. The summed E-state index contributed by atoms with van der Waals surface area (Å²) in [6, 6.07) is 15.7. The molecule has 0 atom stereocenters. The predicted molar refractivity (Wildman–Crippen MR) is 100 cm³/mol. The number of amides is 1. The topological polar surface area (TPSA) is 60.1 Å². The van der Waals surface area contributed by atoms with Crippen LogP contribution in [0.3, 0.4) is 0 Å². The fourth-order valence-electron chi connectivity index (χ4n) is 2.78. The van der Waals surface area contributed by atoms with Gasteiger partial charge in [0.25, 0.3) is 5.91 Å². The van der Waals surface area contributed by atoms with E-state index in [1.807, 2.05) is 30.3 Å². The van der Waals surface area contributed by atoms with Crippen LogP contribution in [-0.2, 0) is 0 Å². The van der Waals surface area contributed by atoms with Crippen LogP contribution >= 0.6 is 0 Å². The van der Waals surface area contributed by atoms with E-state index in [9.17, 15) is 13.6 Å². The first kappa shape index (κ1) is 17.7. The second-order valence-corrected chi connectivity index (χ2v) is 6.16. The Labute approximate surface area is 159 Å². The van der Waals surface area contributed by atoms with Crippen LogP contribution in [-0.4, -0.2) is 15.7 Å². The quantitative estimate of drug-likeness (QED) is 0.545. The molecular formula is C21H15F2N3O2. The van der Waals surface area contributed by atoms with E-state index in [1.165, 1.54) is 6.07 Å². The Morgan fingerprint density at radius 2 is 1.86 bits per heavy atom. The number of benzene rings is 2. The predicted octanol–water partition coefficient (Wildman–Crippen LogP) is 4.97. The maximum absolute atomic E-state index is 13.9. The zero-order valence-corrected chi connectivity index (χ0v) is 14.8. The van der Waals surface area contributed by atoms with E-state index in [2.05, 4.69) is 10.4 Å². The Morgan fingerprint density at radius 1 is 1.07 bits per heavy atom. The highest BCUT2D eigenvalue weighted by atomic mass is 19.1. The molecule has 0 fully saturated rings. The zero-order valence-electron chi connectivity index (χ0n) is 14.8. The molecule has 7 heteroatoms. The molecule has 0 aliphatic carbocycles. The Kier molecular flexibility index (Phi) is 4.49. The van der Waals surface area contributed by atoms with Gasteiger partial charge in [0.2, 0.25) is 0 Å². The highest BCUT2D eigenvalue weighted by molar-refractivity contribution is 6.07. The van der Waals surface area contributed by atoms with Crippen molar-refractivity contribution in [3.8, 4) is 17.1 Å². The molecule has 0 bridgehead atoms. The second-order valence-electron chi connectivity index (χ2n) is 6.16. The summed E-state index contributed by atoms with van der Waals surface area (Å²) in [7, 11) is 0. The number of carbonyl (C=O) groups excluding carboxylic acids is 1. The first-order valence-electron chi connectivity index (χ1n) is 8.49. The minimum Gasteiger partial charge on any atom is -0.460 e. The number of nitrogens with zero attached hydrogens (tertiary/aromatic N) is 2. The third kappa shape index (κ3) is 3.42. The average molecular weight is 379 g/mol. The normalized spacial score (nSPS) is 10.8. The number of nitrogens with one attached hydrogen (secondary N) is 1. The minimum absolute atomic E-state index is 0.125. The largest absolute Gasteiger partial charge is 0.460 e. The zero-order chi connectivity index (χ0) is 19.7. The fraction of sp³-hybridized carbons (Fsp3) is 0.0476. The number of hydrogen-bond acceptors (Lipinski definition) is 3. The van der Waals surface area contributed by atoms with E-state index in [0.717, 1.165) is 11.8 Å². The minimum atomic E-state index is -0.862. The molecule has 140 valence electrons. The van der Waals surface area contributed by atoms with Crippen molar-refractivity contribution in [3.05, 3.63) is 89.8 Å². The molecule has 1 amide bonds. The van der Waals surface area contributed by atoms with Crippen molar-refractivity contribution in [1.82, 2.24) is 9.78 Å². The smallest absolute Gasteiger partial charge is 0.259 e. The van der Waals surface area contributed by atoms with Gasteiger partial charge in [0.05, 0.1) is 16.9 Å². The average Bonchev–Trinajstić information content (AvgIpc) is 3.31. The first-order chi connectivity index (χ1) is 13.5. The van der Waals surface area contributed by atoms with Crippen LogP contribution in [0, 0.1) is 18.6 Å². The number of halogens is 2. The van der Waals surface area contributed by atoms with Gasteiger partial charge in [-0.25, -0.2) is 13.5 Å². The van der Waals surface area contributed by atoms with E-state index >= 15 is 0 Å². The molecule has 0 saturated heterocycles. The second kappa shape index (κ2) is 7.11. The monoisotopic (exact) mass is 379 g/mol. The fourth-order valence-corrected chi connectivity index (χ4v) is 2.78. The number of aromatic nitrogens is 2. The number of para-hydroxylation sites is 1. The van der Waals surface area contributed by atoms with Crippen molar-refractivity contribution in [2.24, 2.45) is 0 Å². The standard InChI is InChI=1S/C21H15F2N3O2/c1-13-7-10-19(28-13)20-16(12-26(25-20)15-5-3-2-4-6-15)21(27)24-18-9-8-14(22)11-17(18)23/h2-12H,1H3,(H,24,27). The molecule has 0 spiro atoms. The number of aryl methyl sites for hydroxylation is 1. The molecule has 0 radical (unpaired) electrons. The van der Waals surface area contributed by atoms with Gasteiger partial charge in [-0.15, -0.1) is 0 Å². The molecular weight excluding hydrogens is 364 g/mol. The lowest BCUT2D eigenvalue weighted by atomic mass is 10.2. The molecule has 0 aliphatic heterocycles. The molecule has 5 nitrogen and oxygen atoms in total. The lowest BCUT2D eigenvalue weighted by molar-refractivity contribution is 0.102. The summed E-state index contributed by atoms with van der Waals surface area (Å²) in [6.07, 6.45) is 1.54. The van der Waals surface area contributed by atoms with E-state index in [0.29, 0.717) is 23.3 Å². The number of hydrogen-bond donors (Lipinski definition) is 1. The van der Waals surface area contributed by atoms with Gasteiger partial charge in [-0.2, -0.15) is 5.10 Å². The number of furan rings is 1. The van der Waals surface area contributed by atoms with E-state index < -0.39 is 17.5 Å². The lowest BCUT2D eigenvalue weighted by Crippen LogP contribution is -2.13. The Bertz CT molecular complexity index is 1150. The van der Waals surface area contributed by atoms with E-state index in [1.54, 1.807) is 29.9 Å². The van der Waals surface area contributed by atoms with E-state index in [-0.39, 0.29) is 11.3 Å². The molecule has 4 aromatic rings. The lowest BCUT2D eigenvalue weighted by Gasteiger charge is -2.06. The maximum Gasteiger partial charge on any atom is 0.259 e. The van der Waals surface area contributed by atoms with Crippen molar-refractivity contribution < 1.29 is 18.0 Å². The van der Waals surface area contributed by atoms with Gasteiger partial charge in [-0.3, -0.25) is 4.79 Å². The summed E-state index contributed by atoms with van der Waals surface area (Å²) in [5.41, 5.74) is 1.14. The SMILES string of the molecule is Cc1ccc(-c2nn(-c3ccccc3)cc2C(=O)Nc2ccc(F)cc2F)o1. The summed E-state index contributed by atoms with van der Waals surface area (Å²) in [5, 5.41) is 6.93. The Morgan fingerprint density at radius 3 is 2.54 bits per heavy atom. The Balaban J connectivity index is 1.76. The summed E-state index contributed by atoms with van der Waals surface area (Å²) < 4.78 is 34.2. The molecule has 2 aromatic carbocycles. The summed E-state index contributed by atoms with van der Waals surface area (Å²) in [4.78, 5) is 12.8. The molecule has 2 heterocycles. The van der Waals surface area contributed by atoms with Crippen molar-refractivity contribution in [2.45, 2.75) is 6.92 Å². The first-order valence-corrected chi connectivity index (χ1v) is 8.49. The van der Waals surface area contributed by atoms with Gasteiger partial charge >= 0.3 is 0 Å². The molecule has 2 aromatic heterocycles. The van der Waals surface area contributed by atoms with Crippen molar-refractivity contribution in [3.63, 3.8) is 0 Å². The molecule has 0 saturated carbocycles. The summed E-state index contributed by atoms with van der Waals surface area (Å²) >= 11 is 0. The van der Waals surface area contributed by atoms with Crippen LogP contribution in [0.4, 0.5) is 14.5 Å². The van der Waals surface area contributed by atoms with Crippen LogP contribution in [0.15, 0.2) is 71.3 Å². The summed E-state index contributed by atoms with van der Waals surface area (Å²) in [5.74, 6) is -1.09. The molecule has 28 heavy (non-hydrogen) atoms. The number of carbonyl (C=O) groups is 1. The number of rotatable bonds is 4. The molecule has 1 N–H and O–H groups in total. The molecule has 4 rings (SSSR count). The third-order valence-corrected chi connectivity index (χ3v) is 4.13. The van der Waals surface area contributed by atoms with Crippen molar-refractivity contribution >= 4 is 11.6 Å². The van der Waals surface area contributed by atoms with Gasteiger partial charge in [0, 0.05) is 12.3 Å². The van der Waals surface area contributed by atoms with Crippen LogP contribution in [0.1, 0.15) is 16.1 Å². The third-order valence-electron chi connectivity index (χ3n) is 4.13. The van der Waals surface area contributed by atoms with Crippen LogP contribution in [0.25, 0.3) is 17.1 Å². The van der Waals surface area contributed by atoms with Gasteiger partial charge in [0.15, 0.2) is 5.76 Å². The van der Waals surface area contributed by atoms with Gasteiger partial charge in [-0.05, 0) is 43.3 Å². The highest BCUT2D eigenvalue weighted by Gasteiger charge is 2.22. The maximum atomic E-state index is 13.9. The molecule has 0 unspecified atom stereocenters. The summed E-state index contributed by atoms with van der Waals surface area (Å²) in [6.45, 7) is 1.78. The van der Waals surface area contributed by atoms with Gasteiger partial charge < -0.3 is 9.73 Å². The van der Waals surface area contributed by atoms with Crippen LogP contribution < -0.4 is 5.32 Å².